The summed E-state index contributed by atoms with van der Waals surface area (Å²) in [4.78, 5) is 30.8. The number of carbonyl (C=O) groups is 2. The second kappa shape index (κ2) is 11.4. The number of hydrogen-bond acceptors (Lipinski definition) is 8. The molecular formula is C29H31N3O4S. The van der Waals surface area contributed by atoms with Gasteiger partial charge in [0.05, 0.1) is 36.0 Å². The van der Waals surface area contributed by atoms with Crippen molar-refractivity contribution in [3.8, 4) is 11.3 Å². The molecule has 0 fully saturated rings. The standard InChI is InChI=1S/C29H31N3O4S/c1-6-35-27(33)24-18(4)30-19(5)25(28(34)36-7-2)26(24)21-9-8-10-22(15-21)31-29-32-23(16-37-29)20-13-11-17(3)12-14-20/h8-16,26,30H,6-7H2,1-5H3,(H,31,32). The second-order valence-electron chi connectivity index (χ2n) is 8.73. The van der Waals surface area contributed by atoms with E-state index in [0.29, 0.717) is 22.5 Å². The third-order valence-electron chi connectivity index (χ3n) is 6.07. The van der Waals surface area contributed by atoms with Gasteiger partial charge in [0.2, 0.25) is 0 Å². The molecule has 7 nitrogen and oxygen atoms in total. The Hall–Kier alpha value is -3.91. The second-order valence-corrected chi connectivity index (χ2v) is 9.59. The molecule has 2 N–H and O–H groups in total. The number of hydrogen-bond donors (Lipinski definition) is 2. The molecule has 0 atom stereocenters. The molecular weight excluding hydrogens is 486 g/mol. The van der Waals surface area contributed by atoms with E-state index in [0.717, 1.165) is 27.6 Å². The SMILES string of the molecule is CCOC(=O)C1=C(C)NC(C)=C(C(=O)OCC)C1c1cccc(Nc2nc(-c3ccc(C)cc3)cs2)c1. The average molecular weight is 518 g/mol. The molecule has 8 heteroatoms. The van der Waals surface area contributed by atoms with E-state index < -0.39 is 17.9 Å². The maximum Gasteiger partial charge on any atom is 0.336 e. The summed E-state index contributed by atoms with van der Waals surface area (Å²) in [5, 5.41) is 9.30. The number of esters is 2. The molecule has 0 unspecified atom stereocenters. The van der Waals surface area contributed by atoms with E-state index in [1.165, 1.54) is 16.9 Å². The third-order valence-corrected chi connectivity index (χ3v) is 6.83. The van der Waals surface area contributed by atoms with E-state index in [1.54, 1.807) is 13.8 Å². The zero-order valence-electron chi connectivity index (χ0n) is 21.7. The van der Waals surface area contributed by atoms with E-state index in [-0.39, 0.29) is 13.2 Å². The third kappa shape index (κ3) is 5.75. The molecule has 1 aromatic heterocycles. The summed E-state index contributed by atoms with van der Waals surface area (Å²) in [7, 11) is 0. The van der Waals surface area contributed by atoms with Crippen molar-refractivity contribution in [1.29, 1.82) is 0 Å². The van der Waals surface area contributed by atoms with Crippen LogP contribution in [0, 0.1) is 6.92 Å². The van der Waals surface area contributed by atoms with Gasteiger partial charge in [0.1, 0.15) is 0 Å². The van der Waals surface area contributed by atoms with Gasteiger partial charge >= 0.3 is 11.9 Å². The smallest absolute Gasteiger partial charge is 0.336 e. The van der Waals surface area contributed by atoms with Crippen molar-refractivity contribution in [3.05, 3.63) is 87.6 Å². The minimum atomic E-state index is -0.638. The van der Waals surface area contributed by atoms with E-state index in [2.05, 4.69) is 41.8 Å². The zero-order chi connectivity index (χ0) is 26.5. The molecule has 0 spiro atoms. The molecule has 0 bridgehead atoms. The highest BCUT2D eigenvalue weighted by Crippen LogP contribution is 2.40. The van der Waals surface area contributed by atoms with Crippen LogP contribution in [-0.4, -0.2) is 30.1 Å². The lowest BCUT2D eigenvalue weighted by Gasteiger charge is -2.30. The first-order valence-corrected chi connectivity index (χ1v) is 13.1. The fraction of sp³-hybridized carbons (Fsp3) is 0.276. The number of dihydropyridines is 1. The number of aromatic nitrogens is 1. The summed E-state index contributed by atoms with van der Waals surface area (Å²) in [6.45, 7) is 9.67. The highest BCUT2D eigenvalue weighted by atomic mass is 32.1. The molecule has 0 saturated heterocycles. The summed E-state index contributed by atoms with van der Waals surface area (Å²) < 4.78 is 10.7. The molecule has 192 valence electrons. The average Bonchev–Trinajstić information content (AvgIpc) is 3.32. The maximum absolute atomic E-state index is 13.0. The van der Waals surface area contributed by atoms with Crippen LogP contribution in [0.5, 0.6) is 0 Å². The fourth-order valence-corrected chi connectivity index (χ4v) is 5.13. The number of carbonyl (C=O) groups excluding carboxylic acids is 2. The van der Waals surface area contributed by atoms with Crippen LogP contribution in [0.15, 0.2) is 76.5 Å². The number of rotatable bonds is 8. The molecule has 0 radical (unpaired) electrons. The Morgan fingerprint density at radius 1 is 0.946 bits per heavy atom. The van der Waals surface area contributed by atoms with Gasteiger partial charge in [0, 0.05) is 28.0 Å². The van der Waals surface area contributed by atoms with Crippen molar-refractivity contribution in [3.63, 3.8) is 0 Å². The predicted octanol–water partition coefficient (Wildman–Crippen LogP) is 6.22. The maximum atomic E-state index is 13.0. The van der Waals surface area contributed by atoms with Gasteiger partial charge in [-0.1, -0.05) is 42.0 Å². The van der Waals surface area contributed by atoms with E-state index in [4.69, 9.17) is 14.5 Å². The molecule has 1 aliphatic heterocycles. The van der Waals surface area contributed by atoms with Crippen molar-refractivity contribution in [2.75, 3.05) is 18.5 Å². The van der Waals surface area contributed by atoms with E-state index in [9.17, 15) is 9.59 Å². The molecule has 0 amide bonds. The van der Waals surface area contributed by atoms with Gasteiger partial charge < -0.3 is 20.1 Å². The lowest BCUT2D eigenvalue weighted by Crippen LogP contribution is -2.32. The van der Waals surface area contributed by atoms with Gasteiger partial charge in [-0.2, -0.15) is 0 Å². The number of thiazole rings is 1. The largest absolute Gasteiger partial charge is 0.463 e. The van der Waals surface area contributed by atoms with Crippen LogP contribution in [-0.2, 0) is 19.1 Å². The first-order chi connectivity index (χ1) is 17.8. The van der Waals surface area contributed by atoms with Gasteiger partial charge in [0.25, 0.3) is 0 Å². The molecule has 4 rings (SSSR count). The first-order valence-electron chi connectivity index (χ1n) is 12.2. The van der Waals surface area contributed by atoms with Crippen LogP contribution in [0.25, 0.3) is 11.3 Å². The van der Waals surface area contributed by atoms with Crippen LogP contribution in [0.1, 0.15) is 44.7 Å². The van der Waals surface area contributed by atoms with Crippen LogP contribution in [0.3, 0.4) is 0 Å². The van der Waals surface area contributed by atoms with Crippen LogP contribution in [0.4, 0.5) is 10.8 Å². The molecule has 2 heterocycles. The number of allylic oxidation sites excluding steroid dienone is 2. The zero-order valence-corrected chi connectivity index (χ0v) is 22.5. The monoisotopic (exact) mass is 517 g/mol. The number of ether oxygens (including phenoxy) is 2. The van der Waals surface area contributed by atoms with Crippen molar-refractivity contribution in [2.45, 2.75) is 40.5 Å². The Morgan fingerprint density at radius 3 is 2.16 bits per heavy atom. The molecule has 2 aromatic carbocycles. The highest BCUT2D eigenvalue weighted by Gasteiger charge is 2.38. The minimum Gasteiger partial charge on any atom is -0.463 e. The minimum absolute atomic E-state index is 0.231. The number of aryl methyl sites for hydroxylation is 1. The summed E-state index contributed by atoms with van der Waals surface area (Å²) in [5.74, 6) is -1.57. The Morgan fingerprint density at radius 2 is 1.57 bits per heavy atom. The Bertz CT molecular complexity index is 1330. The Kier molecular flexibility index (Phi) is 8.08. The van der Waals surface area contributed by atoms with E-state index in [1.807, 2.05) is 43.5 Å². The highest BCUT2D eigenvalue weighted by molar-refractivity contribution is 7.14. The van der Waals surface area contributed by atoms with Crippen LogP contribution < -0.4 is 10.6 Å². The van der Waals surface area contributed by atoms with Gasteiger partial charge in [-0.3, -0.25) is 0 Å². The fourth-order valence-electron chi connectivity index (χ4n) is 4.39. The number of nitrogens with one attached hydrogen (secondary N) is 2. The quantitative estimate of drug-likeness (QED) is 0.343. The Labute approximate surface area is 221 Å². The number of anilines is 2. The van der Waals surface area contributed by atoms with Crippen molar-refractivity contribution in [1.82, 2.24) is 10.3 Å². The van der Waals surface area contributed by atoms with Crippen molar-refractivity contribution >= 4 is 34.1 Å². The molecule has 0 aliphatic carbocycles. The Balaban J connectivity index is 1.69. The summed E-state index contributed by atoms with van der Waals surface area (Å²) >= 11 is 1.51. The lowest BCUT2D eigenvalue weighted by molar-refractivity contribution is -0.139. The predicted molar refractivity (Wildman–Crippen MR) is 147 cm³/mol. The van der Waals surface area contributed by atoms with Crippen LogP contribution >= 0.6 is 11.3 Å². The molecule has 3 aromatic rings. The van der Waals surface area contributed by atoms with Gasteiger partial charge in [-0.15, -0.1) is 11.3 Å². The first kappa shape index (κ1) is 26.2. The lowest BCUT2D eigenvalue weighted by atomic mass is 9.80. The van der Waals surface area contributed by atoms with E-state index >= 15 is 0 Å². The van der Waals surface area contributed by atoms with Gasteiger partial charge in [-0.05, 0) is 52.3 Å². The normalized spacial score (nSPS) is 13.9. The molecule has 0 saturated carbocycles. The van der Waals surface area contributed by atoms with Crippen LogP contribution in [0.2, 0.25) is 0 Å². The molecule has 37 heavy (non-hydrogen) atoms. The summed E-state index contributed by atoms with van der Waals surface area (Å²) in [6, 6.07) is 15.9. The van der Waals surface area contributed by atoms with Gasteiger partial charge in [-0.25, -0.2) is 14.6 Å². The summed E-state index contributed by atoms with van der Waals surface area (Å²) in [5.41, 5.74) is 6.79. The topological polar surface area (TPSA) is 89.5 Å². The van der Waals surface area contributed by atoms with Crippen molar-refractivity contribution < 1.29 is 19.1 Å². The van der Waals surface area contributed by atoms with Gasteiger partial charge in [0.15, 0.2) is 5.13 Å². The number of benzene rings is 2. The summed E-state index contributed by atoms with van der Waals surface area (Å²) in [6.07, 6.45) is 0. The number of nitrogens with zero attached hydrogens (tertiary/aromatic N) is 1. The van der Waals surface area contributed by atoms with Crippen molar-refractivity contribution in [2.24, 2.45) is 0 Å². The molecule has 1 aliphatic rings.